The highest BCUT2D eigenvalue weighted by Crippen LogP contribution is 2.46. The lowest BCUT2D eigenvalue weighted by molar-refractivity contribution is 0.0697. The van der Waals surface area contributed by atoms with Crippen LogP contribution in [-0.2, 0) is 0 Å². The molecule has 2 atom stereocenters. The number of methoxy groups -OCH3 is 1. The number of carboxylic acid groups (broad SMARTS) is 1. The van der Waals surface area contributed by atoms with Crippen LogP contribution in [0.15, 0.2) is 72.9 Å². The number of aryl methyl sites for hydroxylation is 2. The fourth-order valence-electron chi connectivity index (χ4n) is 5.20. The van der Waals surface area contributed by atoms with Gasteiger partial charge in [-0.3, -0.25) is 4.98 Å². The number of nitrogens with zero attached hydrogens (tertiary/aromatic N) is 3. The van der Waals surface area contributed by atoms with Crippen LogP contribution >= 0.6 is 12.2 Å². The Morgan fingerprint density at radius 1 is 1.03 bits per heavy atom. The minimum Gasteiger partial charge on any atom is -0.495 e. The number of pyridine rings is 1. The first-order valence-corrected chi connectivity index (χ1v) is 12.4. The molecule has 8 heteroatoms. The Morgan fingerprint density at radius 2 is 1.78 bits per heavy atom. The standard InChI is InChI=1S/C29H28N4O3S/c1-17-12-13-20(28(34)35)16-24(17)32-18(2)15-21(19(32)3)27-26(22-9-7-8-14-30-22)31-29(37)33(27)23-10-5-6-11-25(23)36-4/h5-16,26-27H,1-4H3,(H,31,37)(H,34,35)/t26-,27+/m1/s1. The third-order valence-corrected chi connectivity index (χ3v) is 7.24. The predicted octanol–water partition coefficient (Wildman–Crippen LogP) is 5.68. The number of rotatable bonds is 6. The van der Waals surface area contributed by atoms with E-state index in [1.165, 1.54) is 0 Å². The maximum atomic E-state index is 11.7. The highest BCUT2D eigenvalue weighted by molar-refractivity contribution is 7.80. The molecule has 2 aromatic carbocycles. The molecule has 7 nitrogen and oxygen atoms in total. The molecule has 3 heterocycles. The van der Waals surface area contributed by atoms with Crippen LogP contribution in [0.4, 0.5) is 5.69 Å². The lowest BCUT2D eigenvalue weighted by atomic mass is 9.96. The van der Waals surface area contributed by atoms with Crippen molar-refractivity contribution in [3.63, 3.8) is 0 Å². The summed E-state index contributed by atoms with van der Waals surface area (Å²) in [6.45, 7) is 6.09. The van der Waals surface area contributed by atoms with Crippen LogP contribution in [0.2, 0.25) is 0 Å². The van der Waals surface area contributed by atoms with Gasteiger partial charge < -0.3 is 24.6 Å². The Hall–Kier alpha value is -4.17. The van der Waals surface area contributed by atoms with Gasteiger partial charge in [-0.15, -0.1) is 0 Å². The predicted molar refractivity (Wildman–Crippen MR) is 148 cm³/mol. The number of carboxylic acids is 1. The van der Waals surface area contributed by atoms with Crippen LogP contribution in [0, 0.1) is 20.8 Å². The molecule has 2 N–H and O–H groups in total. The van der Waals surface area contributed by atoms with Gasteiger partial charge in [-0.2, -0.15) is 0 Å². The van der Waals surface area contributed by atoms with Crippen molar-refractivity contribution in [2.24, 2.45) is 0 Å². The number of benzene rings is 2. The Labute approximate surface area is 221 Å². The zero-order valence-electron chi connectivity index (χ0n) is 21.1. The molecule has 1 fully saturated rings. The zero-order chi connectivity index (χ0) is 26.3. The topological polar surface area (TPSA) is 79.6 Å². The van der Waals surface area contributed by atoms with Gasteiger partial charge in [-0.05, 0) is 86.6 Å². The highest BCUT2D eigenvalue weighted by atomic mass is 32.1. The molecular weight excluding hydrogens is 484 g/mol. The summed E-state index contributed by atoms with van der Waals surface area (Å²) in [5.74, 6) is -0.232. The second-order valence-electron chi connectivity index (χ2n) is 9.14. The van der Waals surface area contributed by atoms with Gasteiger partial charge in [0.15, 0.2) is 5.11 Å². The van der Waals surface area contributed by atoms with Gasteiger partial charge in [-0.25, -0.2) is 4.79 Å². The summed E-state index contributed by atoms with van der Waals surface area (Å²) >= 11 is 5.89. The van der Waals surface area contributed by atoms with E-state index in [9.17, 15) is 9.90 Å². The van der Waals surface area contributed by atoms with E-state index in [0.29, 0.717) is 5.11 Å². The average molecular weight is 513 g/mol. The van der Waals surface area contributed by atoms with Gasteiger partial charge in [0.1, 0.15) is 5.75 Å². The lowest BCUT2D eigenvalue weighted by Crippen LogP contribution is -2.30. The van der Waals surface area contributed by atoms with Crippen LogP contribution in [0.3, 0.4) is 0 Å². The minimum absolute atomic E-state index is 0.209. The summed E-state index contributed by atoms with van der Waals surface area (Å²) in [5, 5.41) is 13.7. The molecule has 0 radical (unpaired) electrons. The molecule has 0 unspecified atom stereocenters. The number of hydrogen-bond donors (Lipinski definition) is 2. The molecular formula is C29H28N4O3S. The Kier molecular flexibility index (Phi) is 6.43. The van der Waals surface area contributed by atoms with Crippen LogP contribution in [0.1, 0.15) is 50.7 Å². The molecule has 2 aromatic heterocycles. The van der Waals surface area contributed by atoms with Gasteiger partial charge in [0.25, 0.3) is 0 Å². The smallest absolute Gasteiger partial charge is 0.335 e. The first-order chi connectivity index (χ1) is 17.8. The quantitative estimate of drug-likeness (QED) is 0.322. The molecule has 0 amide bonds. The number of nitrogens with one attached hydrogen (secondary N) is 1. The van der Waals surface area contributed by atoms with Crippen molar-refractivity contribution in [2.75, 3.05) is 12.0 Å². The third kappa shape index (κ3) is 4.23. The molecule has 1 saturated heterocycles. The first kappa shape index (κ1) is 24.5. The van der Waals surface area contributed by atoms with Gasteiger partial charge >= 0.3 is 5.97 Å². The van der Waals surface area contributed by atoms with Crippen molar-refractivity contribution in [1.29, 1.82) is 0 Å². The van der Waals surface area contributed by atoms with E-state index < -0.39 is 5.97 Å². The van der Waals surface area contributed by atoms with Crippen molar-refractivity contribution in [3.8, 4) is 11.4 Å². The van der Waals surface area contributed by atoms with Crippen LogP contribution in [-0.4, -0.2) is 32.8 Å². The van der Waals surface area contributed by atoms with Crippen molar-refractivity contribution in [1.82, 2.24) is 14.9 Å². The summed E-state index contributed by atoms with van der Waals surface area (Å²) < 4.78 is 7.82. The van der Waals surface area contributed by atoms with Crippen molar-refractivity contribution in [2.45, 2.75) is 32.9 Å². The third-order valence-electron chi connectivity index (χ3n) is 6.93. The van der Waals surface area contributed by atoms with E-state index in [-0.39, 0.29) is 17.6 Å². The second kappa shape index (κ2) is 9.71. The number of ether oxygens (including phenoxy) is 1. The molecule has 0 saturated carbocycles. The molecule has 4 aromatic rings. The zero-order valence-corrected chi connectivity index (χ0v) is 21.9. The van der Waals surface area contributed by atoms with E-state index in [1.807, 2.05) is 62.4 Å². The molecule has 0 aliphatic carbocycles. The lowest BCUT2D eigenvalue weighted by Gasteiger charge is -2.29. The fraction of sp³-hybridized carbons (Fsp3) is 0.207. The first-order valence-electron chi connectivity index (χ1n) is 12.0. The number of thiocarbonyl (C=S) groups is 1. The molecule has 5 rings (SSSR count). The van der Waals surface area contributed by atoms with E-state index in [1.54, 1.807) is 25.4 Å². The van der Waals surface area contributed by atoms with Crippen molar-refractivity contribution >= 4 is 29.0 Å². The number of hydrogen-bond acceptors (Lipinski definition) is 4. The average Bonchev–Trinajstić information content (AvgIpc) is 3.39. The molecule has 37 heavy (non-hydrogen) atoms. The largest absolute Gasteiger partial charge is 0.495 e. The molecule has 0 bridgehead atoms. The Balaban J connectivity index is 1.72. The second-order valence-corrected chi connectivity index (χ2v) is 9.52. The van der Waals surface area contributed by atoms with E-state index >= 15 is 0 Å². The van der Waals surface area contributed by atoms with Crippen LogP contribution in [0.25, 0.3) is 5.69 Å². The van der Waals surface area contributed by atoms with E-state index in [0.717, 1.165) is 45.3 Å². The summed E-state index contributed by atoms with van der Waals surface area (Å²) in [6, 6.07) is 20.6. The van der Waals surface area contributed by atoms with Gasteiger partial charge in [-0.1, -0.05) is 24.3 Å². The summed E-state index contributed by atoms with van der Waals surface area (Å²) in [5.41, 5.74) is 6.87. The van der Waals surface area contributed by atoms with Gasteiger partial charge in [0.05, 0.1) is 36.1 Å². The summed E-state index contributed by atoms with van der Waals surface area (Å²) in [6.07, 6.45) is 1.78. The SMILES string of the molecule is COc1ccccc1N1C(=S)N[C@H](c2ccccn2)[C@@H]1c1cc(C)n(-c2cc(C(=O)O)ccc2C)c1C. The number of aromatic nitrogens is 2. The maximum absolute atomic E-state index is 11.7. The Morgan fingerprint density at radius 3 is 2.49 bits per heavy atom. The molecule has 0 spiro atoms. The normalized spacial score (nSPS) is 17.1. The number of aromatic carboxylic acids is 1. The van der Waals surface area contributed by atoms with Crippen LogP contribution < -0.4 is 15.0 Å². The van der Waals surface area contributed by atoms with Crippen molar-refractivity contribution in [3.05, 3.63) is 107 Å². The Bertz CT molecular complexity index is 1500. The van der Waals surface area contributed by atoms with Gasteiger partial charge in [0.2, 0.25) is 0 Å². The summed E-state index contributed by atoms with van der Waals surface area (Å²) in [7, 11) is 1.65. The monoisotopic (exact) mass is 512 g/mol. The molecule has 1 aliphatic rings. The highest BCUT2D eigenvalue weighted by Gasteiger charge is 2.43. The van der Waals surface area contributed by atoms with E-state index in [4.69, 9.17) is 17.0 Å². The fourth-order valence-corrected chi connectivity index (χ4v) is 5.54. The minimum atomic E-state index is -0.952. The number of para-hydroxylation sites is 2. The molecule has 1 aliphatic heterocycles. The molecule has 188 valence electrons. The van der Waals surface area contributed by atoms with Gasteiger partial charge in [0, 0.05) is 23.3 Å². The van der Waals surface area contributed by atoms with E-state index in [2.05, 4.69) is 32.8 Å². The maximum Gasteiger partial charge on any atom is 0.335 e. The van der Waals surface area contributed by atoms with Crippen LogP contribution in [0.5, 0.6) is 5.75 Å². The number of carbonyl (C=O) groups is 1. The summed E-state index contributed by atoms with van der Waals surface area (Å²) in [4.78, 5) is 18.5. The number of anilines is 1. The van der Waals surface area contributed by atoms with Crippen molar-refractivity contribution < 1.29 is 14.6 Å².